The second-order valence-corrected chi connectivity index (χ2v) is 5.57. The standard InChI is InChI=1S/C17H20ClFN2/c1-3-8-21-17(12(2)13-6-9-20-10-7-13)15-5-4-14(19)11-16(15)18/h4-7,9-12,17,21H,3,8H2,1-2H3. The fraction of sp³-hybridized carbons (Fsp3) is 0.353. The van der Waals surface area contributed by atoms with Gasteiger partial charge >= 0.3 is 0 Å². The molecule has 0 radical (unpaired) electrons. The normalized spacial score (nSPS) is 13.9. The average molecular weight is 307 g/mol. The van der Waals surface area contributed by atoms with E-state index in [0.29, 0.717) is 5.02 Å². The third-order valence-electron chi connectivity index (χ3n) is 3.64. The molecule has 21 heavy (non-hydrogen) atoms. The zero-order valence-corrected chi connectivity index (χ0v) is 13.1. The predicted octanol–water partition coefficient (Wildman–Crippen LogP) is 4.72. The molecule has 0 aliphatic heterocycles. The molecule has 0 bridgehead atoms. The van der Waals surface area contributed by atoms with Gasteiger partial charge in [-0.05, 0) is 48.4 Å². The van der Waals surface area contributed by atoms with Crippen LogP contribution < -0.4 is 5.32 Å². The molecule has 0 spiro atoms. The first-order valence-corrected chi connectivity index (χ1v) is 7.59. The predicted molar refractivity (Wildman–Crippen MR) is 85.1 cm³/mol. The second-order valence-electron chi connectivity index (χ2n) is 5.17. The lowest BCUT2D eigenvalue weighted by Gasteiger charge is -2.27. The molecule has 2 rings (SSSR count). The molecule has 2 unspecified atom stereocenters. The number of pyridine rings is 1. The average Bonchev–Trinajstić information content (AvgIpc) is 2.50. The van der Waals surface area contributed by atoms with Gasteiger partial charge in [0.15, 0.2) is 0 Å². The van der Waals surface area contributed by atoms with Crippen LogP contribution in [0.15, 0.2) is 42.7 Å². The lowest BCUT2D eigenvalue weighted by molar-refractivity contribution is 0.465. The summed E-state index contributed by atoms with van der Waals surface area (Å²) < 4.78 is 13.3. The second kappa shape index (κ2) is 7.53. The van der Waals surface area contributed by atoms with Crippen molar-refractivity contribution in [2.24, 2.45) is 0 Å². The summed E-state index contributed by atoms with van der Waals surface area (Å²) in [5.74, 6) is -0.0999. The molecule has 0 saturated heterocycles. The van der Waals surface area contributed by atoms with Crippen molar-refractivity contribution in [1.29, 1.82) is 0 Å². The smallest absolute Gasteiger partial charge is 0.124 e. The Balaban J connectivity index is 2.33. The maximum Gasteiger partial charge on any atom is 0.124 e. The van der Waals surface area contributed by atoms with E-state index in [9.17, 15) is 4.39 Å². The molecule has 1 heterocycles. The number of halogens is 2. The fourth-order valence-electron chi connectivity index (χ4n) is 2.47. The maximum atomic E-state index is 13.3. The number of nitrogens with zero attached hydrogens (tertiary/aromatic N) is 1. The zero-order chi connectivity index (χ0) is 15.2. The number of rotatable bonds is 6. The first-order chi connectivity index (χ1) is 10.1. The van der Waals surface area contributed by atoms with Gasteiger partial charge < -0.3 is 5.32 Å². The lowest BCUT2D eigenvalue weighted by Crippen LogP contribution is -2.27. The summed E-state index contributed by atoms with van der Waals surface area (Å²) in [4.78, 5) is 4.06. The topological polar surface area (TPSA) is 24.9 Å². The molecular formula is C17H20ClFN2. The van der Waals surface area contributed by atoms with Gasteiger partial charge in [0.25, 0.3) is 0 Å². The van der Waals surface area contributed by atoms with Crippen molar-refractivity contribution in [2.45, 2.75) is 32.2 Å². The highest BCUT2D eigenvalue weighted by Crippen LogP contribution is 2.34. The van der Waals surface area contributed by atoms with Crippen molar-refractivity contribution in [2.75, 3.05) is 6.54 Å². The molecule has 1 aromatic carbocycles. The van der Waals surface area contributed by atoms with Gasteiger partial charge in [0.1, 0.15) is 5.82 Å². The Morgan fingerprint density at radius 2 is 1.95 bits per heavy atom. The Morgan fingerprint density at radius 1 is 1.24 bits per heavy atom. The van der Waals surface area contributed by atoms with Gasteiger partial charge in [0, 0.05) is 29.4 Å². The number of nitrogens with one attached hydrogen (secondary N) is 1. The Kier molecular flexibility index (Phi) is 5.71. The van der Waals surface area contributed by atoms with Crippen LogP contribution in [0.25, 0.3) is 0 Å². The Bertz CT molecular complexity index is 574. The number of aromatic nitrogens is 1. The Morgan fingerprint density at radius 3 is 2.57 bits per heavy atom. The molecule has 1 aromatic heterocycles. The molecule has 112 valence electrons. The molecule has 2 aromatic rings. The first kappa shape index (κ1) is 15.9. The number of hydrogen-bond acceptors (Lipinski definition) is 2. The summed E-state index contributed by atoms with van der Waals surface area (Å²) in [6, 6.07) is 8.65. The molecule has 0 aliphatic rings. The lowest BCUT2D eigenvalue weighted by atomic mass is 9.89. The minimum Gasteiger partial charge on any atom is -0.309 e. The van der Waals surface area contributed by atoms with Gasteiger partial charge in [-0.1, -0.05) is 31.5 Å². The number of hydrogen-bond donors (Lipinski definition) is 1. The van der Waals surface area contributed by atoms with Crippen molar-refractivity contribution in [3.63, 3.8) is 0 Å². The third-order valence-corrected chi connectivity index (χ3v) is 3.97. The molecule has 0 saturated carbocycles. The van der Waals surface area contributed by atoms with E-state index in [1.54, 1.807) is 18.5 Å². The zero-order valence-electron chi connectivity index (χ0n) is 12.3. The molecule has 2 nitrogen and oxygen atoms in total. The van der Waals surface area contributed by atoms with Gasteiger partial charge in [0.05, 0.1) is 0 Å². The molecule has 0 amide bonds. The van der Waals surface area contributed by atoms with E-state index >= 15 is 0 Å². The fourth-order valence-corrected chi connectivity index (χ4v) is 2.75. The quantitative estimate of drug-likeness (QED) is 0.835. The molecule has 0 aliphatic carbocycles. The summed E-state index contributed by atoms with van der Waals surface area (Å²) in [6.07, 6.45) is 4.60. The van der Waals surface area contributed by atoms with Crippen LogP contribution in [0.5, 0.6) is 0 Å². The highest BCUT2D eigenvalue weighted by molar-refractivity contribution is 6.31. The van der Waals surface area contributed by atoms with E-state index in [2.05, 4.69) is 24.1 Å². The largest absolute Gasteiger partial charge is 0.309 e. The summed E-state index contributed by atoms with van der Waals surface area (Å²) >= 11 is 6.24. The minimum absolute atomic E-state index is 0.0421. The van der Waals surface area contributed by atoms with Crippen LogP contribution in [0.4, 0.5) is 4.39 Å². The van der Waals surface area contributed by atoms with E-state index in [0.717, 1.165) is 18.5 Å². The van der Waals surface area contributed by atoms with E-state index in [-0.39, 0.29) is 17.8 Å². The summed E-state index contributed by atoms with van der Waals surface area (Å²) in [5, 5.41) is 3.98. The van der Waals surface area contributed by atoms with Crippen LogP contribution in [-0.4, -0.2) is 11.5 Å². The van der Waals surface area contributed by atoms with Crippen LogP contribution in [0.2, 0.25) is 5.02 Å². The van der Waals surface area contributed by atoms with Crippen molar-refractivity contribution in [3.8, 4) is 0 Å². The van der Waals surface area contributed by atoms with E-state index < -0.39 is 0 Å². The summed E-state index contributed by atoms with van der Waals surface area (Å²) in [7, 11) is 0. The van der Waals surface area contributed by atoms with Crippen molar-refractivity contribution >= 4 is 11.6 Å². The van der Waals surface area contributed by atoms with Gasteiger partial charge in [-0.25, -0.2) is 4.39 Å². The highest BCUT2D eigenvalue weighted by atomic mass is 35.5. The minimum atomic E-state index is -0.311. The highest BCUT2D eigenvalue weighted by Gasteiger charge is 2.22. The Labute approximate surface area is 130 Å². The summed E-state index contributed by atoms with van der Waals surface area (Å²) in [5.41, 5.74) is 2.11. The molecular weight excluding hydrogens is 287 g/mol. The van der Waals surface area contributed by atoms with Crippen molar-refractivity contribution < 1.29 is 4.39 Å². The monoisotopic (exact) mass is 306 g/mol. The molecule has 2 atom stereocenters. The van der Waals surface area contributed by atoms with E-state index in [1.165, 1.54) is 17.7 Å². The first-order valence-electron chi connectivity index (χ1n) is 7.21. The SMILES string of the molecule is CCCNC(c1ccc(F)cc1Cl)C(C)c1ccncc1. The molecule has 1 N–H and O–H groups in total. The van der Waals surface area contributed by atoms with Crippen LogP contribution in [0, 0.1) is 5.82 Å². The van der Waals surface area contributed by atoms with Gasteiger partial charge in [-0.15, -0.1) is 0 Å². The Hall–Kier alpha value is -1.45. The van der Waals surface area contributed by atoms with Crippen LogP contribution >= 0.6 is 11.6 Å². The number of benzene rings is 1. The van der Waals surface area contributed by atoms with E-state index in [1.807, 2.05) is 12.1 Å². The van der Waals surface area contributed by atoms with Crippen molar-refractivity contribution in [3.05, 3.63) is 64.7 Å². The summed E-state index contributed by atoms with van der Waals surface area (Å²) in [6.45, 7) is 5.14. The van der Waals surface area contributed by atoms with Crippen LogP contribution in [0.3, 0.4) is 0 Å². The maximum absolute atomic E-state index is 13.3. The van der Waals surface area contributed by atoms with Crippen molar-refractivity contribution in [1.82, 2.24) is 10.3 Å². The molecule has 4 heteroatoms. The van der Waals surface area contributed by atoms with Gasteiger partial charge in [-0.3, -0.25) is 4.98 Å². The van der Waals surface area contributed by atoms with Crippen LogP contribution in [-0.2, 0) is 0 Å². The van der Waals surface area contributed by atoms with Gasteiger partial charge in [0.2, 0.25) is 0 Å². The van der Waals surface area contributed by atoms with Gasteiger partial charge in [-0.2, -0.15) is 0 Å². The van der Waals surface area contributed by atoms with E-state index in [4.69, 9.17) is 11.6 Å². The third kappa shape index (κ3) is 4.02. The molecule has 0 fully saturated rings. The van der Waals surface area contributed by atoms with Crippen LogP contribution in [0.1, 0.15) is 43.4 Å².